The third kappa shape index (κ3) is 4.35. The molecule has 5 heteroatoms. The Morgan fingerprint density at radius 2 is 1.74 bits per heavy atom. The zero-order valence-electron chi connectivity index (χ0n) is 11.5. The van der Waals surface area contributed by atoms with E-state index in [1.165, 1.54) is 0 Å². The van der Waals surface area contributed by atoms with Gasteiger partial charge in [-0.3, -0.25) is 0 Å². The average molecular weight is 279 g/mol. The lowest BCUT2D eigenvalue weighted by molar-refractivity contribution is -0.182. The van der Waals surface area contributed by atoms with E-state index in [-0.39, 0.29) is 18.9 Å². The van der Waals surface area contributed by atoms with Crippen LogP contribution in [0.5, 0.6) is 0 Å². The Morgan fingerprint density at radius 3 is 2.32 bits per heavy atom. The number of hydrogen-bond donors (Lipinski definition) is 1. The largest absolute Gasteiger partial charge is 0.391 e. The summed E-state index contributed by atoms with van der Waals surface area (Å²) in [4.78, 5) is 0. The van der Waals surface area contributed by atoms with Crippen molar-refractivity contribution in [1.29, 1.82) is 0 Å². The standard InChI is InChI=1S/C14H24F3NO/c1-2-13-9-12(7-8-19-13)18-11-5-3-10(4-6-11)14(15,16)17/h10-13,18H,2-9H2,1H3. The van der Waals surface area contributed by atoms with Gasteiger partial charge >= 0.3 is 6.18 Å². The third-order valence-electron chi connectivity index (χ3n) is 4.48. The highest BCUT2D eigenvalue weighted by molar-refractivity contribution is 4.85. The molecule has 2 unspecified atom stereocenters. The van der Waals surface area contributed by atoms with Crippen LogP contribution in [0.15, 0.2) is 0 Å². The molecule has 2 aliphatic rings. The van der Waals surface area contributed by atoms with Crippen molar-refractivity contribution in [3.63, 3.8) is 0 Å². The van der Waals surface area contributed by atoms with Crippen molar-refractivity contribution in [3.8, 4) is 0 Å². The first kappa shape index (κ1) is 15.1. The van der Waals surface area contributed by atoms with Crippen LogP contribution in [0.1, 0.15) is 51.9 Å². The molecule has 2 atom stereocenters. The van der Waals surface area contributed by atoms with Gasteiger partial charge in [-0.2, -0.15) is 13.2 Å². The Balaban J connectivity index is 1.73. The van der Waals surface area contributed by atoms with E-state index >= 15 is 0 Å². The van der Waals surface area contributed by atoms with E-state index in [0.717, 1.165) is 25.9 Å². The molecule has 0 aromatic carbocycles. The summed E-state index contributed by atoms with van der Waals surface area (Å²) < 4.78 is 43.4. The second kappa shape index (κ2) is 6.44. The van der Waals surface area contributed by atoms with Crippen molar-refractivity contribution in [3.05, 3.63) is 0 Å². The molecule has 1 N–H and O–H groups in total. The van der Waals surface area contributed by atoms with Gasteiger partial charge in [0.15, 0.2) is 0 Å². The van der Waals surface area contributed by atoms with Crippen LogP contribution in [-0.2, 0) is 4.74 Å². The smallest absolute Gasteiger partial charge is 0.378 e. The van der Waals surface area contributed by atoms with Gasteiger partial charge in [-0.1, -0.05) is 6.92 Å². The van der Waals surface area contributed by atoms with Crippen molar-refractivity contribution < 1.29 is 17.9 Å². The lowest BCUT2D eigenvalue weighted by atomic mass is 9.85. The number of ether oxygens (including phenoxy) is 1. The van der Waals surface area contributed by atoms with Gasteiger partial charge in [-0.05, 0) is 44.9 Å². The molecule has 0 spiro atoms. The summed E-state index contributed by atoms with van der Waals surface area (Å²) in [6, 6.07) is 0.686. The zero-order chi connectivity index (χ0) is 13.9. The fourth-order valence-electron chi connectivity index (χ4n) is 3.24. The molecule has 19 heavy (non-hydrogen) atoms. The highest BCUT2D eigenvalue weighted by atomic mass is 19.4. The van der Waals surface area contributed by atoms with E-state index in [4.69, 9.17) is 4.74 Å². The second-order valence-corrected chi connectivity index (χ2v) is 5.88. The quantitative estimate of drug-likeness (QED) is 0.851. The molecule has 2 fully saturated rings. The lowest BCUT2D eigenvalue weighted by Gasteiger charge is -2.36. The molecule has 1 aliphatic heterocycles. The van der Waals surface area contributed by atoms with Crippen LogP contribution in [0, 0.1) is 5.92 Å². The van der Waals surface area contributed by atoms with Gasteiger partial charge in [-0.25, -0.2) is 0 Å². The molecule has 2 rings (SSSR count). The average Bonchev–Trinajstić information content (AvgIpc) is 2.38. The lowest BCUT2D eigenvalue weighted by Crippen LogP contribution is -2.46. The Bertz CT molecular complexity index is 274. The zero-order valence-corrected chi connectivity index (χ0v) is 11.5. The Morgan fingerprint density at radius 1 is 1.05 bits per heavy atom. The van der Waals surface area contributed by atoms with Crippen LogP contribution in [0.4, 0.5) is 13.2 Å². The van der Waals surface area contributed by atoms with Crippen molar-refractivity contribution in [2.45, 2.75) is 76.2 Å². The molecular formula is C14H24F3NO. The summed E-state index contributed by atoms with van der Waals surface area (Å²) in [6.45, 7) is 2.88. The van der Waals surface area contributed by atoms with E-state index < -0.39 is 12.1 Å². The predicted molar refractivity (Wildman–Crippen MR) is 68.0 cm³/mol. The van der Waals surface area contributed by atoms with E-state index in [1.807, 2.05) is 0 Å². The third-order valence-corrected chi connectivity index (χ3v) is 4.48. The number of halogens is 3. The topological polar surface area (TPSA) is 21.3 Å². The molecule has 0 radical (unpaired) electrons. The summed E-state index contributed by atoms with van der Waals surface area (Å²) in [5.74, 6) is -1.08. The minimum atomic E-state index is -4.00. The first-order valence-corrected chi connectivity index (χ1v) is 7.43. The summed E-state index contributed by atoms with van der Waals surface area (Å²) in [7, 11) is 0. The molecule has 1 heterocycles. The maximum atomic E-state index is 12.6. The van der Waals surface area contributed by atoms with Crippen molar-refractivity contribution >= 4 is 0 Å². The normalized spacial score (nSPS) is 37.3. The molecule has 112 valence electrons. The molecule has 0 aromatic heterocycles. The molecule has 1 saturated heterocycles. The first-order valence-electron chi connectivity index (χ1n) is 7.43. The summed E-state index contributed by atoms with van der Waals surface area (Å²) >= 11 is 0. The van der Waals surface area contributed by atoms with E-state index in [0.29, 0.717) is 25.0 Å². The maximum absolute atomic E-state index is 12.6. The van der Waals surface area contributed by atoms with Crippen molar-refractivity contribution in [2.75, 3.05) is 6.61 Å². The van der Waals surface area contributed by atoms with Gasteiger partial charge in [0.05, 0.1) is 12.0 Å². The monoisotopic (exact) mass is 279 g/mol. The summed E-state index contributed by atoms with van der Waals surface area (Å²) in [5.41, 5.74) is 0. The predicted octanol–water partition coefficient (Wildman–Crippen LogP) is 3.65. The van der Waals surface area contributed by atoms with Crippen LogP contribution in [-0.4, -0.2) is 31.0 Å². The van der Waals surface area contributed by atoms with E-state index in [9.17, 15) is 13.2 Å². The van der Waals surface area contributed by atoms with Gasteiger partial charge in [0.1, 0.15) is 0 Å². The molecule has 2 nitrogen and oxygen atoms in total. The van der Waals surface area contributed by atoms with Gasteiger partial charge in [0.25, 0.3) is 0 Å². The Labute approximate surface area is 113 Å². The fourth-order valence-corrected chi connectivity index (χ4v) is 3.24. The minimum Gasteiger partial charge on any atom is -0.378 e. The highest BCUT2D eigenvalue weighted by Crippen LogP contribution is 2.37. The van der Waals surface area contributed by atoms with Crippen LogP contribution < -0.4 is 5.32 Å². The van der Waals surface area contributed by atoms with Crippen molar-refractivity contribution in [2.24, 2.45) is 5.92 Å². The highest BCUT2D eigenvalue weighted by Gasteiger charge is 2.41. The summed E-state index contributed by atoms with van der Waals surface area (Å²) in [6.07, 6.45) is 1.17. The minimum absolute atomic E-state index is 0.263. The van der Waals surface area contributed by atoms with Crippen LogP contribution >= 0.6 is 0 Å². The molecule has 1 aliphatic carbocycles. The first-order chi connectivity index (χ1) is 8.99. The van der Waals surface area contributed by atoms with Crippen molar-refractivity contribution in [1.82, 2.24) is 5.32 Å². The Hall–Kier alpha value is -0.290. The molecular weight excluding hydrogens is 255 g/mol. The second-order valence-electron chi connectivity index (χ2n) is 5.88. The van der Waals surface area contributed by atoms with Crippen LogP contribution in [0.25, 0.3) is 0 Å². The molecule has 0 amide bonds. The van der Waals surface area contributed by atoms with E-state index in [2.05, 4.69) is 12.2 Å². The van der Waals surface area contributed by atoms with E-state index in [1.54, 1.807) is 0 Å². The maximum Gasteiger partial charge on any atom is 0.391 e. The summed E-state index contributed by atoms with van der Waals surface area (Å²) in [5, 5.41) is 3.55. The van der Waals surface area contributed by atoms with Crippen LogP contribution in [0.2, 0.25) is 0 Å². The van der Waals surface area contributed by atoms with Crippen LogP contribution in [0.3, 0.4) is 0 Å². The SMILES string of the molecule is CCC1CC(NC2CCC(C(F)(F)F)CC2)CCO1. The van der Waals surface area contributed by atoms with Gasteiger partial charge < -0.3 is 10.1 Å². The van der Waals surface area contributed by atoms with Gasteiger partial charge in [0.2, 0.25) is 0 Å². The number of nitrogens with one attached hydrogen (secondary N) is 1. The molecule has 0 aromatic rings. The number of hydrogen-bond acceptors (Lipinski definition) is 2. The van der Waals surface area contributed by atoms with Gasteiger partial charge in [-0.15, -0.1) is 0 Å². The van der Waals surface area contributed by atoms with Gasteiger partial charge in [0, 0.05) is 18.7 Å². The Kier molecular flexibility index (Phi) is 5.12. The molecule has 1 saturated carbocycles. The molecule has 0 bridgehead atoms. The number of alkyl halides is 3. The fraction of sp³-hybridized carbons (Fsp3) is 1.00. The number of rotatable bonds is 3.